The van der Waals surface area contributed by atoms with Crippen LogP contribution < -0.4 is 10.1 Å². The van der Waals surface area contributed by atoms with Crippen LogP contribution >= 0.6 is 0 Å². The van der Waals surface area contributed by atoms with Gasteiger partial charge in [0.05, 0.1) is 11.5 Å². The molecule has 2 aromatic carbocycles. The molecule has 1 heterocycles. The van der Waals surface area contributed by atoms with Crippen LogP contribution in [0.4, 0.5) is 0 Å². The van der Waals surface area contributed by atoms with E-state index in [-0.39, 0.29) is 5.91 Å². The minimum Gasteiger partial charge on any atom is -0.494 e. The number of carbonyl (C=O) groups excluding carboxylic acids is 1. The van der Waals surface area contributed by atoms with Gasteiger partial charge in [0.1, 0.15) is 5.75 Å². The van der Waals surface area contributed by atoms with Gasteiger partial charge in [-0.2, -0.15) is 4.31 Å². The van der Waals surface area contributed by atoms with E-state index in [2.05, 4.69) is 12.2 Å². The van der Waals surface area contributed by atoms with Crippen molar-refractivity contribution in [2.75, 3.05) is 19.7 Å². The van der Waals surface area contributed by atoms with Crippen molar-refractivity contribution in [3.05, 3.63) is 59.7 Å². The SMILES string of the molecule is CCCCCOc1ccc(C(=O)NCc2ccc(S(=O)(=O)N3CCCC3)cc2)cc1. The Balaban J connectivity index is 1.51. The van der Waals surface area contributed by atoms with Gasteiger partial charge in [0.15, 0.2) is 0 Å². The number of unbranched alkanes of at least 4 members (excludes halogenated alkanes) is 2. The molecule has 0 aromatic heterocycles. The molecule has 1 aliphatic rings. The fraction of sp³-hybridized carbons (Fsp3) is 0.435. The van der Waals surface area contributed by atoms with Gasteiger partial charge in [-0.05, 0) is 61.2 Å². The normalized spacial score (nSPS) is 14.6. The van der Waals surface area contributed by atoms with Crippen LogP contribution in [0.15, 0.2) is 53.4 Å². The van der Waals surface area contributed by atoms with Crippen molar-refractivity contribution >= 4 is 15.9 Å². The Bertz CT molecular complexity index is 919. The zero-order valence-corrected chi connectivity index (χ0v) is 18.3. The van der Waals surface area contributed by atoms with Crippen LogP contribution in [-0.4, -0.2) is 38.3 Å². The lowest BCUT2D eigenvalue weighted by Crippen LogP contribution is -2.28. The summed E-state index contributed by atoms with van der Waals surface area (Å²) in [5.74, 6) is 0.582. The van der Waals surface area contributed by atoms with Crippen LogP contribution in [0.5, 0.6) is 5.75 Å². The Morgan fingerprint density at radius 2 is 1.67 bits per heavy atom. The van der Waals surface area contributed by atoms with Gasteiger partial charge in [-0.15, -0.1) is 0 Å². The summed E-state index contributed by atoms with van der Waals surface area (Å²) in [7, 11) is -3.41. The molecule has 30 heavy (non-hydrogen) atoms. The molecular weight excluding hydrogens is 400 g/mol. The van der Waals surface area contributed by atoms with Crippen LogP contribution in [0, 0.1) is 0 Å². The van der Waals surface area contributed by atoms with Gasteiger partial charge in [0, 0.05) is 25.2 Å². The van der Waals surface area contributed by atoms with Crippen LogP contribution in [0.1, 0.15) is 54.9 Å². The van der Waals surface area contributed by atoms with Crippen molar-refractivity contribution in [3.8, 4) is 5.75 Å². The molecule has 1 aliphatic heterocycles. The van der Waals surface area contributed by atoms with Gasteiger partial charge in [0.2, 0.25) is 10.0 Å². The Morgan fingerprint density at radius 1 is 1.00 bits per heavy atom. The van der Waals surface area contributed by atoms with Crippen molar-refractivity contribution in [2.45, 2.75) is 50.5 Å². The number of ether oxygens (including phenoxy) is 1. The molecule has 162 valence electrons. The molecule has 7 heteroatoms. The molecule has 1 saturated heterocycles. The molecule has 1 N–H and O–H groups in total. The summed E-state index contributed by atoms with van der Waals surface area (Å²) in [4.78, 5) is 12.7. The monoisotopic (exact) mass is 430 g/mol. The molecular formula is C23H30N2O4S. The third-order valence-corrected chi connectivity index (χ3v) is 7.13. The van der Waals surface area contributed by atoms with E-state index in [0.717, 1.165) is 43.4 Å². The lowest BCUT2D eigenvalue weighted by Gasteiger charge is -2.15. The van der Waals surface area contributed by atoms with Crippen molar-refractivity contribution in [1.29, 1.82) is 0 Å². The molecule has 6 nitrogen and oxygen atoms in total. The first kappa shape index (κ1) is 22.3. The summed E-state index contributed by atoms with van der Waals surface area (Å²) >= 11 is 0. The largest absolute Gasteiger partial charge is 0.494 e. The molecule has 0 unspecified atom stereocenters. The number of hydrogen-bond acceptors (Lipinski definition) is 4. The summed E-state index contributed by atoms with van der Waals surface area (Å²) < 4.78 is 32.3. The number of nitrogens with zero attached hydrogens (tertiary/aromatic N) is 1. The number of sulfonamides is 1. The van der Waals surface area contributed by atoms with E-state index < -0.39 is 10.0 Å². The first-order valence-corrected chi connectivity index (χ1v) is 12.0. The standard InChI is InChI=1S/C23H30N2O4S/c1-2-3-6-17-29-21-11-9-20(10-12-21)23(26)24-18-19-7-13-22(14-8-19)30(27,28)25-15-4-5-16-25/h7-14H,2-6,15-18H2,1H3,(H,24,26). The first-order chi connectivity index (χ1) is 14.5. The van der Waals surface area contributed by atoms with E-state index in [0.29, 0.717) is 36.7 Å². The van der Waals surface area contributed by atoms with E-state index >= 15 is 0 Å². The van der Waals surface area contributed by atoms with Gasteiger partial charge in [0.25, 0.3) is 5.91 Å². The maximum atomic E-state index is 12.6. The Kier molecular flexibility index (Phi) is 7.87. The highest BCUT2D eigenvalue weighted by Gasteiger charge is 2.26. The van der Waals surface area contributed by atoms with Gasteiger partial charge < -0.3 is 10.1 Å². The molecule has 3 rings (SSSR count). The Morgan fingerprint density at radius 3 is 2.30 bits per heavy atom. The number of amides is 1. The van der Waals surface area contributed by atoms with Crippen LogP contribution in [0.2, 0.25) is 0 Å². The highest BCUT2D eigenvalue weighted by Crippen LogP contribution is 2.21. The minimum atomic E-state index is -3.41. The highest BCUT2D eigenvalue weighted by atomic mass is 32.2. The van der Waals surface area contributed by atoms with E-state index in [1.807, 2.05) is 0 Å². The summed E-state index contributed by atoms with van der Waals surface area (Å²) in [6.45, 7) is 4.34. The highest BCUT2D eigenvalue weighted by molar-refractivity contribution is 7.89. The number of rotatable bonds is 10. The predicted octanol–water partition coefficient (Wildman–Crippen LogP) is 3.97. The van der Waals surface area contributed by atoms with Crippen LogP contribution in [-0.2, 0) is 16.6 Å². The van der Waals surface area contributed by atoms with Crippen molar-refractivity contribution in [1.82, 2.24) is 9.62 Å². The molecule has 1 amide bonds. The lowest BCUT2D eigenvalue weighted by molar-refractivity contribution is 0.0951. The van der Waals surface area contributed by atoms with Gasteiger partial charge in [-0.1, -0.05) is 31.9 Å². The fourth-order valence-electron chi connectivity index (χ4n) is 3.39. The molecule has 0 aliphatic carbocycles. The molecule has 0 bridgehead atoms. The number of hydrogen-bond donors (Lipinski definition) is 1. The number of carbonyl (C=O) groups is 1. The zero-order valence-electron chi connectivity index (χ0n) is 17.5. The summed E-state index contributed by atoms with van der Waals surface area (Å²) in [6, 6.07) is 13.8. The third kappa shape index (κ3) is 5.83. The smallest absolute Gasteiger partial charge is 0.251 e. The average molecular weight is 431 g/mol. The van der Waals surface area contributed by atoms with Gasteiger partial charge in [-0.3, -0.25) is 4.79 Å². The predicted molar refractivity (Wildman–Crippen MR) is 117 cm³/mol. The second-order valence-electron chi connectivity index (χ2n) is 7.52. The average Bonchev–Trinajstić information content (AvgIpc) is 3.32. The van der Waals surface area contributed by atoms with Crippen LogP contribution in [0.3, 0.4) is 0 Å². The maximum Gasteiger partial charge on any atom is 0.251 e. The summed E-state index contributed by atoms with van der Waals surface area (Å²) in [5, 5.41) is 2.87. The second-order valence-corrected chi connectivity index (χ2v) is 9.46. The first-order valence-electron chi connectivity index (χ1n) is 10.6. The quantitative estimate of drug-likeness (QED) is 0.579. The Labute approximate surface area is 179 Å². The van der Waals surface area contributed by atoms with Crippen molar-refractivity contribution in [2.24, 2.45) is 0 Å². The Hall–Kier alpha value is -2.38. The van der Waals surface area contributed by atoms with E-state index in [4.69, 9.17) is 4.74 Å². The molecule has 0 radical (unpaired) electrons. The number of benzene rings is 2. The molecule has 2 aromatic rings. The van der Waals surface area contributed by atoms with Crippen molar-refractivity contribution < 1.29 is 17.9 Å². The van der Waals surface area contributed by atoms with Gasteiger partial charge in [-0.25, -0.2) is 8.42 Å². The summed E-state index contributed by atoms with van der Waals surface area (Å²) in [5.41, 5.74) is 1.41. The molecule has 0 atom stereocenters. The van der Waals surface area contributed by atoms with E-state index in [9.17, 15) is 13.2 Å². The van der Waals surface area contributed by atoms with Crippen molar-refractivity contribution in [3.63, 3.8) is 0 Å². The maximum absolute atomic E-state index is 12.6. The number of nitrogens with one attached hydrogen (secondary N) is 1. The minimum absolute atomic E-state index is 0.179. The zero-order chi connectivity index (χ0) is 21.4. The molecule has 1 fully saturated rings. The fourth-order valence-corrected chi connectivity index (χ4v) is 4.90. The molecule has 0 spiro atoms. The third-order valence-electron chi connectivity index (χ3n) is 5.21. The summed E-state index contributed by atoms with van der Waals surface area (Å²) in [6.07, 6.45) is 5.15. The van der Waals surface area contributed by atoms with Gasteiger partial charge >= 0.3 is 0 Å². The second kappa shape index (κ2) is 10.6. The van der Waals surface area contributed by atoms with Crippen LogP contribution in [0.25, 0.3) is 0 Å². The lowest BCUT2D eigenvalue weighted by atomic mass is 10.2. The van der Waals surface area contributed by atoms with E-state index in [1.54, 1.807) is 48.5 Å². The molecule has 0 saturated carbocycles. The van der Waals surface area contributed by atoms with E-state index in [1.165, 1.54) is 4.31 Å². The topological polar surface area (TPSA) is 75.7 Å².